The van der Waals surface area contributed by atoms with Gasteiger partial charge in [0.1, 0.15) is 5.75 Å². The molecule has 4 N–H and O–H groups in total. The van der Waals surface area contributed by atoms with E-state index in [1.54, 1.807) is 18.2 Å². The SMILES string of the molecule is COc1c(O)c(O)cc2c1CCC1C(O)CC(CCc3ccc(O)cc3)OC21. The van der Waals surface area contributed by atoms with Crippen molar-refractivity contribution in [3.63, 3.8) is 0 Å². The third kappa shape index (κ3) is 3.38. The summed E-state index contributed by atoms with van der Waals surface area (Å²) in [6, 6.07) is 8.65. The molecule has 0 spiro atoms. The van der Waals surface area contributed by atoms with Crippen molar-refractivity contribution in [1.82, 2.24) is 0 Å². The van der Waals surface area contributed by atoms with Crippen LogP contribution in [0.25, 0.3) is 0 Å². The van der Waals surface area contributed by atoms with Crippen LogP contribution in [0.1, 0.15) is 42.1 Å². The molecule has 6 heteroatoms. The molecule has 1 saturated heterocycles. The molecule has 1 fully saturated rings. The molecule has 4 rings (SSSR count). The van der Waals surface area contributed by atoms with Crippen LogP contribution in [0.3, 0.4) is 0 Å². The zero-order valence-corrected chi connectivity index (χ0v) is 15.8. The number of aryl methyl sites for hydroxylation is 1. The molecule has 0 saturated carbocycles. The average Bonchev–Trinajstić information content (AvgIpc) is 2.69. The van der Waals surface area contributed by atoms with Crippen LogP contribution in [0, 0.1) is 5.92 Å². The molecule has 0 bridgehead atoms. The predicted octanol–water partition coefficient (Wildman–Crippen LogP) is 3.20. The number of hydrogen-bond acceptors (Lipinski definition) is 6. The molecular weight excluding hydrogens is 360 g/mol. The summed E-state index contributed by atoms with van der Waals surface area (Å²) in [5.74, 6) is 0.0103. The number of phenols is 3. The minimum absolute atomic E-state index is 0.0360. The van der Waals surface area contributed by atoms with Gasteiger partial charge in [-0.05, 0) is 61.4 Å². The Labute approximate surface area is 164 Å². The summed E-state index contributed by atoms with van der Waals surface area (Å²) in [7, 11) is 1.47. The van der Waals surface area contributed by atoms with Gasteiger partial charge in [0, 0.05) is 11.5 Å². The number of phenolic OH excluding ortho intramolecular Hbond substituents is 3. The monoisotopic (exact) mass is 386 g/mol. The van der Waals surface area contributed by atoms with Crippen molar-refractivity contribution in [1.29, 1.82) is 0 Å². The number of hydrogen-bond donors (Lipinski definition) is 4. The van der Waals surface area contributed by atoms with E-state index in [4.69, 9.17) is 9.47 Å². The number of aliphatic hydroxyl groups excluding tert-OH is 1. The molecule has 2 aromatic rings. The second kappa shape index (κ2) is 7.53. The Kier molecular flexibility index (Phi) is 5.08. The van der Waals surface area contributed by atoms with E-state index in [1.807, 2.05) is 12.1 Å². The van der Waals surface area contributed by atoms with Gasteiger partial charge < -0.3 is 29.9 Å². The topological polar surface area (TPSA) is 99.4 Å². The summed E-state index contributed by atoms with van der Waals surface area (Å²) < 4.78 is 11.7. The second-order valence-electron chi connectivity index (χ2n) is 7.73. The van der Waals surface area contributed by atoms with E-state index in [-0.39, 0.29) is 41.1 Å². The van der Waals surface area contributed by atoms with Crippen LogP contribution in [-0.2, 0) is 17.6 Å². The number of benzene rings is 2. The van der Waals surface area contributed by atoms with Crippen LogP contribution in [-0.4, -0.2) is 39.7 Å². The number of fused-ring (bicyclic) bond motifs is 3. The molecule has 1 aliphatic heterocycles. The summed E-state index contributed by atoms with van der Waals surface area (Å²) in [6.07, 6.45) is 2.59. The second-order valence-corrected chi connectivity index (χ2v) is 7.73. The van der Waals surface area contributed by atoms with E-state index in [2.05, 4.69) is 0 Å². The minimum Gasteiger partial charge on any atom is -0.508 e. The Morgan fingerprint density at radius 1 is 1.14 bits per heavy atom. The Morgan fingerprint density at radius 3 is 2.61 bits per heavy atom. The highest BCUT2D eigenvalue weighted by molar-refractivity contribution is 5.59. The molecule has 4 atom stereocenters. The van der Waals surface area contributed by atoms with E-state index in [9.17, 15) is 20.4 Å². The molecular formula is C22H26O6. The largest absolute Gasteiger partial charge is 0.508 e. The van der Waals surface area contributed by atoms with Gasteiger partial charge in [-0.15, -0.1) is 0 Å². The lowest BCUT2D eigenvalue weighted by Crippen LogP contribution is -2.42. The summed E-state index contributed by atoms with van der Waals surface area (Å²) in [5.41, 5.74) is 2.73. The van der Waals surface area contributed by atoms with Crippen LogP contribution in [0.2, 0.25) is 0 Å². The van der Waals surface area contributed by atoms with Gasteiger partial charge in [0.15, 0.2) is 11.5 Å². The molecule has 2 aromatic carbocycles. The molecule has 6 nitrogen and oxygen atoms in total. The summed E-state index contributed by atoms with van der Waals surface area (Å²) in [6.45, 7) is 0. The van der Waals surface area contributed by atoms with Crippen molar-refractivity contribution in [2.75, 3.05) is 7.11 Å². The van der Waals surface area contributed by atoms with Gasteiger partial charge in [-0.1, -0.05) is 12.1 Å². The fraction of sp³-hybridized carbons (Fsp3) is 0.455. The van der Waals surface area contributed by atoms with Crippen LogP contribution in [0.5, 0.6) is 23.0 Å². The number of ether oxygens (including phenoxy) is 2. The van der Waals surface area contributed by atoms with E-state index in [0.29, 0.717) is 12.8 Å². The number of rotatable bonds is 4. The number of aliphatic hydroxyl groups is 1. The summed E-state index contributed by atoms with van der Waals surface area (Å²) >= 11 is 0. The van der Waals surface area contributed by atoms with E-state index >= 15 is 0 Å². The maximum absolute atomic E-state index is 10.7. The fourth-order valence-electron chi connectivity index (χ4n) is 4.57. The Balaban J connectivity index is 1.56. The van der Waals surface area contributed by atoms with Crippen LogP contribution in [0.4, 0.5) is 0 Å². The minimum atomic E-state index is -0.473. The van der Waals surface area contributed by atoms with Gasteiger partial charge in [-0.3, -0.25) is 0 Å². The van der Waals surface area contributed by atoms with Gasteiger partial charge >= 0.3 is 0 Å². The van der Waals surface area contributed by atoms with Crippen molar-refractivity contribution in [2.45, 2.75) is 50.4 Å². The highest BCUT2D eigenvalue weighted by atomic mass is 16.5. The smallest absolute Gasteiger partial charge is 0.200 e. The van der Waals surface area contributed by atoms with Crippen LogP contribution < -0.4 is 4.74 Å². The van der Waals surface area contributed by atoms with Crippen LogP contribution >= 0.6 is 0 Å². The summed E-state index contributed by atoms with van der Waals surface area (Å²) in [4.78, 5) is 0. The third-order valence-corrected chi connectivity index (χ3v) is 6.03. The standard InChI is InChI=1S/C22H26O6/c1-27-22-15-8-9-16-18(24)10-14(7-4-12-2-5-13(23)6-3-12)28-21(16)17(15)11-19(25)20(22)26/h2-3,5-6,11,14,16,18,21,23-26H,4,7-10H2,1H3. The quantitative estimate of drug-likeness (QED) is 0.602. The Morgan fingerprint density at radius 2 is 1.89 bits per heavy atom. The lowest BCUT2D eigenvalue weighted by Gasteiger charge is -2.44. The molecule has 2 aliphatic rings. The highest BCUT2D eigenvalue weighted by Gasteiger charge is 2.43. The van der Waals surface area contributed by atoms with Gasteiger partial charge in [-0.25, -0.2) is 0 Å². The van der Waals surface area contributed by atoms with Crippen molar-refractivity contribution in [3.8, 4) is 23.0 Å². The molecule has 0 aromatic heterocycles. The Bertz CT molecular complexity index is 847. The molecule has 4 unspecified atom stereocenters. The van der Waals surface area contributed by atoms with Crippen LogP contribution in [0.15, 0.2) is 30.3 Å². The van der Waals surface area contributed by atoms with Crippen molar-refractivity contribution in [3.05, 3.63) is 47.0 Å². The molecule has 1 heterocycles. The van der Waals surface area contributed by atoms with Crippen molar-refractivity contribution >= 4 is 0 Å². The third-order valence-electron chi connectivity index (χ3n) is 6.03. The van der Waals surface area contributed by atoms with Gasteiger partial charge in [0.05, 0.1) is 25.4 Å². The van der Waals surface area contributed by atoms with Crippen molar-refractivity contribution in [2.24, 2.45) is 5.92 Å². The van der Waals surface area contributed by atoms with Gasteiger partial charge in [-0.2, -0.15) is 0 Å². The lowest BCUT2D eigenvalue weighted by atomic mass is 9.74. The zero-order chi connectivity index (χ0) is 19.8. The first kappa shape index (κ1) is 18.9. The normalized spacial score (nSPS) is 26.4. The molecule has 28 heavy (non-hydrogen) atoms. The average molecular weight is 386 g/mol. The van der Waals surface area contributed by atoms with Gasteiger partial charge in [0.25, 0.3) is 0 Å². The Hall–Kier alpha value is -2.44. The maximum atomic E-state index is 10.7. The lowest BCUT2D eigenvalue weighted by molar-refractivity contribution is -0.146. The molecule has 150 valence electrons. The predicted molar refractivity (Wildman–Crippen MR) is 103 cm³/mol. The maximum Gasteiger partial charge on any atom is 0.200 e. The first-order chi connectivity index (χ1) is 13.5. The summed E-state index contributed by atoms with van der Waals surface area (Å²) in [5, 5.41) is 40.4. The highest BCUT2D eigenvalue weighted by Crippen LogP contribution is 2.51. The fourth-order valence-corrected chi connectivity index (χ4v) is 4.57. The number of methoxy groups -OCH3 is 1. The van der Waals surface area contributed by atoms with Crippen molar-refractivity contribution < 1.29 is 29.9 Å². The zero-order valence-electron chi connectivity index (χ0n) is 15.8. The number of aromatic hydroxyl groups is 3. The first-order valence-electron chi connectivity index (χ1n) is 9.71. The molecule has 0 radical (unpaired) electrons. The van der Waals surface area contributed by atoms with E-state index < -0.39 is 6.10 Å². The van der Waals surface area contributed by atoms with Gasteiger partial charge in [0.2, 0.25) is 5.75 Å². The molecule has 0 amide bonds. The van der Waals surface area contributed by atoms with E-state index in [1.165, 1.54) is 7.11 Å². The first-order valence-corrected chi connectivity index (χ1v) is 9.71. The molecule has 1 aliphatic carbocycles. The van der Waals surface area contributed by atoms with E-state index in [0.717, 1.165) is 36.0 Å².